The van der Waals surface area contributed by atoms with E-state index >= 15 is 0 Å². The van der Waals surface area contributed by atoms with E-state index in [0.717, 1.165) is 0 Å². The third kappa shape index (κ3) is 2.38. The van der Waals surface area contributed by atoms with Gasteiger partial charge in [-0.2, -0.15) is 0 Å². The van der Waals surface area contributed by atoms with Crippen molar-refractivity contribution in [2.75, 3.05) is 23.8 Å². The molecule has 6 nitrogen and oxygen atoms in total. The lowest BCUT2D eigenvalue weighted by Gasteiger charge is -2.37. The molecule has 6 heteroatoms. The highest BCUT2D eigenvalue weighted by Gasteiger charge is 2.25. The first-order chi connectivity index (χ1) is 8.49. The third-order valence-corrected chi connectivity index (χ3v) is 3.05. The lowest BCUT2D eigenvalue weighted by atomic mass is 10.1. The Balaban J connectivity index is 2.32. The number of nitrogens with zero attached hydrogens (tertiary/aromatic N) is 2. The molecule has 0 aromatic carbocycles. The van der Waals surface area contributed by atoms with Gasteiger partial charge in [0.1, 0.15) is 5.82 Å². The minimum absolute atomic E-state index is 0.0892. The van der Waals surface area contributed by atoms with Gasteiger partial charge >= 0.3 is 5.97 Å². The molecular formula is C12H17N3O3. The van der Waals surface area contributed by atoms with Crippen LogP contribution in [0.2, 0.25) is 0 Å². The topological polar surface area (TPSA) is 88.7 Å². The number of nitrogens with two attached hydrogens (primary N) is 1. The van der Waals surface area contributed by atoms with Crippen molar-refractivity contribution in [3.8, 4) is 0 Å². The van der Waals surface area contributed by atoms with Gasteiger partial charge in [-0.15, -0.1) is 0 Å². The second-order valence-electron chi connectivity index (χ2n) is 4.58. The molecule has 98 valence electrons. The highest BCUT2D eigenvalue weighted by atomic mass is 16.5. The fourth-order valence-electron chi connectivity index (χ4n) is 2.02. The average molecular weight is 251 g/mol. The summed E-state index contributed by atoms with van der Waals surface area (Å²) in [7, 11) is 0. The van der Waals surface area contributed by atoms with Gasteiger partial charge < -0.3 is 20.5 Å². The van der Waals surface area contributed by atoms with Crippen LogP contribution in [0.25, 0.3) is 0 Å². The number of anilines is 2. The van der Waals surface area contributed by atoms with Crippen LogP contribution in [0.3, 0.4) is 0 Å². The Hall–Kier alpha value is -1.82. The first-order valence-electron chi connectivity index (χ1n) is 5.86. The van der Waals surface area contributed by atoms with Crippen LogP contribution >= 0.6 is 0 Å². The highest BCUT2D eigenvalue weighted by Crippen LogP contribution is 2.23. The standard InChI is InChI=1S/C12H17N3O3/c1-7-6-18-8(2)5-15(7)11-3-9(12(16)17)10(13)4-14-11/h3-4,7-8H,5-6,13H2,1-2H3,(H,16,17). The Labute approximate surface area is 105 Å². The molecule has 2 rings (SSSR count). The first-order valence-corrected chi connectivity index (χ1v) is 5.86. The smallest absolute Gasteiger partial charge is 0.337 e. The van der Waals surface area contributed by atoms with Crippen LogP contribution in [0.5, 0.6) is 0 Å². The first kappa shape index (κ1) is 12.6. The van der Waals surface area contributed by atoms with Crippen molar-refractivity contribution in [2.45, 2.75) is 26.0 Å². The van der Waals surface area contributed by atoms with Crippen molar-refractivity contribution < 1.29 is 14.6 Å². The van der Waals surface area contributed by atoms with E-state index in [0.29, 0.717) is 19.0 Å². The summed E-state index contributed by atoms with van der Waals surface area (Å²) in [5.41, 5.74) is 5.87. The van der Waals surface area contributed by atoms with Gasteiger partial charge in [-0.05, 0) is 19.9 Å². The van der Waals surface area contributed by atoms with Crippen LogP contribution in [0.15, 0.2) is 12.3 Å². The van der Waals surface area contributed by atoms with E-state index in [1.54, 1.807) is 0 Å². The fourth-order valence-corrected chi connectivity index (χ4v) is 2.02. The zero-order chi connectivity index (χ0) is 13.3. The van der Waals surface area contributed by atoms with Crippen molar-refractivity contribution in [1.29, 1.82) is 0 Å². The molecule has 0 aliphatic carbocycles. The molecule has 1 saturated heterocycles. The normalized spacial score (nSPS) is 24.0. The molecule has 2 atom stereocenters. The van der Waals surface area contributed by atoms with Gasteiger partial charge in [-0.1, -0.05) is 0 Å². The number of rotatable bonds is 2. The second kappa shape index (κ2) is 4.81. The van der Waals surface area contributed by atoms with Crippen LogP contribution in [-0.4, -0.2) is 41.4 Å². The second-order valence-corrected chi connectivity index (χ2v) is 4.58. The molecule has 1 aromatic heterocycles. The number of carboxylic acids is 1. The number of hydrogen-bond acceptors (Lipinski definition) is 5. The van der Waals surface area contributed by atoms with Gasteiger partial charge in [0.25, 0.3) is 0 Å². The number of carboxylic acid groups (broad SMARTS) is 1. The molecule has 1 aliphatic rings. The van der Waals surface area contributed by atoms with Crippen LogP contribution < -0.4 is 10.6 Å². The summed E-state index contributed by atoms with van der Waals surface area (Å²) >= 11 is 0. The maximum atomic E-state index is 11.1. The molecule has 1 aliphatic heterocycles. The number of aromatic nitrogens is 1. The lowest BCUT2D eigenvalue weighted by Crippen LogP contribution is -2.47. The van der Waals surface area contributed by atoms with Crippen LogP contribution in [-0.2, 0) is 4.74 Å². The summed E-state index contributed by atoms with van der Waals surface area (Å²) in [4.78, 5) is 17.3. The number of carbonyl (C=O) groups is 1. The lowest BCUT2D eigenvalue weighted by molar-refractivity contribution is 0.0340. The van der Waals surface area contributed by atoms with Crippen molar-refractivity contribution in [1.82, 2.24) is 4.98 Å². The van der Waals surface area contributed by atoms with E-state index in [1.807, 2.05) is 18.7 Å². The summed E-state index contributed by atoms with van der Waals surface area (Å²) in [6.45, 7) is 5.30. The fraction of sp³-hybridized carbons (Fsp3) is 0.500. The summed E-state index contributed by atoms with van der Waals surface area (Å²) in [5.74, 6) is -0.408. The van der Waals surface area contributed by atoms with Crippen molar-refractivity contribution in [2.24, 2.45) is 0 Å². The van der Waals surface area contributed by atoms with Crippen molar-refractivity contribution in [3.05, 3.63) is 17.8 Å². The number of hydrogen-bond donors (Lipinski definition) is 2. The molecule has 0 radical (unpaired) electrons. The monoisotopic (exact) mass is 251 g/mol. The molecule has 18 heavy (non-hydrogen) atoms. The zero-order valence-electron chi connectivity index (χ0n) is 10.5. The molecule has 2 unspecified atom stereocenters. The van der Waals surface area contributed by atoms with Crippen molar-refractivity contribution in [3.63, 3.8) is 0 Å². The van der Waals surface area contributed by atoms with E-state index in [9.17, 15) is 4.79 Å². The number of nitrogen functional groups attached to an aromatic ring is 1. The maximum Gasteiger partial charge on any atom is 0.337 e. The van der Waals surface area contributed by atoms with Gasteiger partial charge in [0.2, 0.25) is 0 Å². The largest absolute Gasteiger partial charge is 0.478 e. The molecule has 0 amide bonds. The predicted octanol–water partition coefficient (Wildman–Crippen LogP) is 0.976. The highest BCUT2D eigenvalue weighted by molar-refractivity contribution is 5.94. The summed E-state index contributed by atoms with van der Waals surface area (Å²) in [5, 5.41) is 9.06. The SMILES string of the molecule is CC1CN(c2cc(C(=O)O)c(N)cn2)C(C)CO1. The summed E-state index contributed by atoms with van der Waals surface area (Å²) in [6.07, 6.45) is 1.50. The Bertz CT molecular complexity index is 464. The third-order valence-electron chi connectivity index (χ3n) is 3.05. The van der Waals surface area contributed by atoms with Crippen molar-refractivity contribution >= 4 is 17.5 Å². The van der Waals surface area contributed by atoms with Crippen LogP contribution in [0, 0.1) is 0 Å². The Kier molecular flexibility index (Phi) is 3.38. The number of aromatic carboxylic acids is 1. The quantitative estimate of drug-likeness (QED) is 0.814. The van der Waals surface area contributed by atoms with Crippen LogP contribution in [0.4, 0.5) is 11.5 Å². The predicted molar refractivity (Wildman–Crippen MR) is 67.8 cm³/mol. The average Bonchev–Trinajstić information content (AvgIpc) is 2.33. The van der Waals surface area contributed by atoms with Gasteiger partial charge in [0.15, 0.2) is 0 Å². The zero-order valence-corrected chi connectivity index (χ0v) is 10.5. The Morgan fingerprint density at radius 1 is 1.61 bits per heavy atom. The summed E-state index contributed by atoms with van der Waals surface area (Å²) < 4.78 is 5.53. The molecule has 3 N–H and O–H groups in total. The van der Waals surface area contributed by atoms with Crippen LogP contribution in [0.1, 0.15) is 24.2 Å². The summed E-state index contributed by atoms with van der Waals surface area (Å²) in [6, 6.07) is 1.69. The molecule has 1 fully saturated rings. The minimum atomic E-state index is -1.04. The number of ether oxygens (including phenoxy) is 1. The Morgan fingerprint density at radius 2 is 2.33 bits per heavy atom. The number of morpholine rings is 1. The van der Waals surface area contributed by atoms with Gasteiger partial charge in [0.05, 0.1) is 36.2 Å². The van der Waals surface area contributed by atoms with Gasteiger partial charge in [0, 0.05) is 6.54 Å². The van der Waals surface area contributed by atoms with E-state index in [-0.39, 0.29) is 23.4 Å². The van der Waals surface area contributed by atoms with E-state index in [1.165, 1.54) is 12.3 Å². The molecule has 2 heterocycles. The minimum Gasteiger partial charge on any atom is -0.478 e. The maximum absolute atomic E-state index is 11.1. The van der Waals surface area contributed by atoms with E-state index in [4.69, 9.17) is 15.6 Å². The molecule has 0 bridgehead atoms. The van der Waals surface area contributed by atoms with Gasteiger partial charge in [-0.3, -0.25) is 0 Å². The Morgan fingerprint density at radius 3 is 3.00 bits per heavy atom. The molecular weight excluding hydrogens is 234 g/mol. The van der Waals surface area contributed by atoms with E-state index in [2.05, 4.69) is 4.98 Å². The van der Waals surface area contributed by atoms with Gasteiger partial charge in [-0.25, -0.2) is 9.78 Å². The molecule has 0 saturated carbocycles. The number of pyridine rings is 1. The van der Waals surface area contributed by atoms with E-state index < -0.39 is 5.97 Å². The molecule has 1 aromatic rings. The molecule has 0 spiro atoms.